The number of primary amides is 1. The molecule has 2 atom stereocenters. The Morgan fingerprint density at radius 3 is 2.45 bits per heavy atom. The Morgan fingerprint density at radius 2 is 1.79 bits per heavy atom. The number of nitrogens with zero attached hydrogens (tertiary/aromatic N) is 1. The van der Waals surface area contributed by atoms with Gasteiger partial charge in [-0.3, -0.25) is 18.2 Å². The lowest BCUT2D eigenvalue weighted by atomic mass is 9.78. The van der Waals surface area contributed by atoms with Gasteiger partial charge in [0.2, 0.25) is 5.91 Å². The van der Waals surface area contributed by atoms with Gasteiger partial charge in [0.05, 0.1) is 24.7 Å². The van der Waals surface area contributed by atoms with Gasteiger partial charge in [-0.25, -0.2) is 0 Å². The molecule has 0 spiro atoms. The number of carbonyl (C=O) groups excluding carboxylic acids is 1. The Morgan fingerprint density at radius 1 is 1.05 bits per heavy atom. The molecule has 1 saturated heterocycles. The Bertz CT molecular complexity index is 1360. The molecule has 5 rings (SSSR count). The summed E-state index contributed by atoms with van der Waals surface area (Å²) in [7, 11) is -1.31. The standard InChI is InChI=1S/C33H43N3O5S/c1-41-27-14-7-11-24(17-27)21-35-22-31(37)29(18-23-9-3-2-4-10-23)32-28(25-12-5-6-13-25)19-26(20-30(32)33(34)38)36-15-8-16-42(36,39)40/h2-4,7,9-11,14,17,19-20,25,29,31,35,37,39-40H,5-6,8,12-13,15-16,18,21-22H2,1H3,(H2,34,38)/t29-,31+/m1/s1. The third-order valence-corrected chi connectivity index (χ3v) is 10.6. The molecular weight excluding hydrogens is 550 g/mol. The Hall–Kier alpha value is -3.08. The van der Waals surface area contributed by atoms with Gasteiger partial charge in [-0.2, -0.15) is 0 Å². The van der Waals surface area contributed by atoms with Crippen molar-refractivity contribution < 1.29 is 23.7 Å². The van der Waals surface area contributed by atoms with E-state index in [0.29, 0.717) is 49.5 Å². The van der Waals surface area contributed by atoms with Crippen molar-refractivity contribution in [2.24, 2.45) is 5.73 Å². The summed E-state index contributed by atoms with van der Waals surface area (Å²) in [6, 6.07) is 21.6. The molecule has 226 valence electrons. The van der Waals surface area contributed by atoms with Gasteiger partial charge in [0, 0.05) is 31.1 Å². The lowest BCUT2D eigenvalue weighted by Gasteiger charge is -2.39. The summed E-state index contributed by atoms with van der Waals surface area (Å²) in [6.45, 7) is 1.37. The summed E-state index contributed by atoms with van der Waals surface area (Å²) in [4.78, 5) is 13.1. The predicted molar refractivity (Wildman–Crippen MR) is 169 cm³/mol. The first-order chi connectivity index (χ1) is 20.3. The molecule has 1 aliphatic heterocycles. The number of rotatable bonds is 12. The van der Waals surface area contributed by atoms with Crippen LogP contribution in [0.25, 0.3) is 0 Å². The van der Waals surface area contributed by atoms with Crippen molar-refractivity contribution in [2.45, 2.75) is 63.0 Å². The Kier molecular flexibility index (Phi) is 9.75. The average molecular weight is 594 g/mol. The van der Waals surface area contributed by atoms with Gasteiger partial charge in [-0.15, -0.1) is 10.8 Å². The number of aliphatic hydroxyl groups excluding tert-OH is 1. The van der Waals surface area contributed by atoms with Crippen LogP contribution in [0.4, 0.5) is 5.69 Å². The number of anilines is 1. The molecule has 1 aliphatic carbocycles. The lowest BCUT2D eigenvalue weighted by Crippen LogP contribution is -2.35. The molecule has 42 heavy (non-hydrogen) atoms. The van der Waals surface area contributed by atoms with E-state index in [1.165, 1.54) is 0 Å². The van der Waals surface area contributed by atoms with Crippen LogP contribution in [0.2, 0.25) is 0 Å². The SMILES string of the molecule is COc1cccc(CNC[C@H](O)[C@@H](Cc2ccccc2)c2c(C(N)=O)cc(N3CCCS3(O)O)cc2C2CCCC2)c1. The van der Waals surface area contributed by atoms with Crippen molar-refractivity contribution in [1.29, 1.82) is 0 Å². The minimum absolute atomic E-state index is 0.206. The van der Waals surface area contributed by atoms with Crippen LogP contribution in [-0.2, 0) is 13.0 Å². The van der Waals surface area contributed by atoms with Crippen molar-refractivity contribution in [3.63, 3.8) is 0 Å². The normalized spacial score (nSPS) is 19.0. The summed E-state index contributed by atoms with van der Waals surface area (Å²) in [6.07, 6.45) is 4.53. The van der Waals surface area contributed by atoms with Crippen molar-refractivity contribution in [2.75, 3.05) is 30.3 Å². The maximum absolute atomic E-state index is 13.1. The van der Waals surface area contributed by atoms with Crippen LogP contribution >= 0.6 is 10.8 Å². The van der Waals surface area contributed by atoms with Crippen LogP contribution < -0.4 is 20.1 Å². The molecule has 9 heteroatoms. The van der Waals surface area contributed by atoms with E-state index in [4.69, 9.17) is 10.5 Å². The maximum Gasteiger partial charge on any atom is 0.249 e. The molecule has 1 saturated carbocycles. The molecule has 2 aliphatic rings. The zero-order chi connectivity index (χ0) is 29.7. The van der Waals surface area contributed by atoms with E-state index in [0.717, 1.165) is 53.7 Å². The summed E-state index contributed by atoms with van der Waals surface area (Å²) < 4.78 is 28.5. The highest BCUT2D eigenvalue weighted by atomic mass is 32.3. The molecule has 6 N–H and O–H groups in total. The van der Waals surface area contributed by atoms with Gasteiger partial charge in [-0.1, -0.05) is 55.3 Å². The minimum Gasteiger partial charge on any atom is -0.497 e. The Labute approximate surface area is 250 Å². The van der Waals surface area contributed by atoms with Crippen LogP contribution in [0.15, 0.2) is 66.7 Å². The number of benzene rings is 3. The largest absolute Gasteiger partial charge is 0.497 e. The van der Waals surface area contributed by atoms with E-state index < -0.39 is 28.7 Å². The second kappa shape index (κ2) is 13.5. The molecule has 8 nitrogen and oxygen atoms in total. The van der Waals surface area contributed by atoms with Crippen LogP contribution in [0, 0.1) is 0 Å². The van der Waals surface area contributed by atoms with Gasteiger partial charge >= 0.3 is 0 Å². The number of aliphatic hydroxyl groups is 1. The van der Waals surface area contributed by atoms with E-state index in [-0.39, 0.29) is 5.92 Å². The topological polar surface area (TPSA) is 128 Å². The van der Waals surface area contributed by atoms with E-state index in [2.05, 4.69) is 5.32 Å². The third-order valence-electron chi connectivity index (χ3n) is 8.63. The van der Waals surface area contributed by atoms with Gasteiger partial charge in [0.1, 0.15) is 5.75 Å². The van der Waals surface area contributed by atoms with E-state index in [1.807, 2.05) is 60.7 Å². The number of methoxy groups -OCH3 is 1. The first-order valence-electron chi connectivity index (χ1n) is 14.8. The average Bonchev–Trinajstić information content (AvgIpc) is 3.65. The smallest absolute Gasteiger partial charge is 0.249 e. The first-order valence-corrected chi connectivity index (χ1v) is 16.5. The molecule has 1 heterocycles. The van der Waals surface area contributed by atoms with Crippen LogP contribution in [0.5, 0.6) is 5.75 Å². The van der Waals surface area contributed by atoms with Crippen LogP contribution in [-0.4, -0.2) is 52.2 Å². The molecule has 0 unspecified atom stereocenters. The molecule has 0 aromatic heterocycles. The molecular formula is C33H43N3O5S. The van der Waals surface area contributed by atoms with Crippen molar-refractivity contribution >= 4 is 22.4 Å². The van der Waals surface area contributed by atoms with Gasteiger partial charge in [0.25, 0.3) is 0 Å². The van der Waals surface area contributed by atoms with Crippen molar-refractivity contribution in [3.8, 4) is 5.75 Å². The molecule has 2 fully saturated rings. The first kappa shape index (κ1) is 30.4. The molecule has 3 aromatic carbocycles. The lowest BCUT2D eigenvalue weighted by molar-refractivity contribution is 0.0995. The fourth-order valence-corrected chi connectivity index (χ4v) is 8.14. The third kappa shape index (κ3) is 6.93. The quantitative estimate of drug-likeness (QED) is 0.179. The molecule has 0 radical (unpaired) electrons. The number of nitrogens with two attached hydrogens (primary N) is 1. The summed E-state index contributed by atoms with van der Waals surface area (Å²) >= 11 is 0. The van der Waals surface area contributed by atoms with Gasteiger partial charge in [0.15, 0.2) is 0 Å². The van der Waals surface area contributed by atoms with Crippen molar-refractivity contribution in [3.05, 3.63) is 94.5 Å². The number of amides is 1. The zero-order valence-corrected chi connectivity index (χ0v) is 25.1. The number of hydrogen-bond acceptors (Lipinski definition) is 7. The highest BCUT2D eigenvalue weighted by Crippen LogP contribution is 2.52. The van der Waals surface area contributed by atoms with Crippen molar-refractivity contribution in [1.82, 2.24) is 5.32 Å². The highest BCUT2D eigenvalue weighted by molar-refractivity contribution is 8.25. The number of hydrogen-bond donors (Lipinski definition) is 5. The second-order valence-corrected chi connectivity index (χ2v) is 13.6. The van der Waals surface area contributed by atoms with E-state index in [1.54, 1.807) is 17.5 Å². The van der Waals surface area contributed by atoms with E-state index >= 15 is 0 Å². The van der Waals surface area contributed by atoms with E-state index in [9.17, 15) is 19.0 Å². The van der Waals surface area contributed by atoms with Gasteiger partial charge < -0.3 is 20.9 Å². The number of ether oxygens (including phenoxy) is 1. The summed E-state index contributed by atoms with van der Waals surface area (Å²) in [5, 5.41) is 15.2. The minimum atomic E-state index is -2.95. The molecule has 1 amide bonds. The summed E-state index contributed by atoms with van der Waals surface area (Å²) in [5.74, 6) is 0.317. The summed E-state index contributed by atoms with van der Waals surface area (Å²) in [5.41, 5.74) is 10.9. The molecule has 3 aromatic rings. The zero-order valence-electron chi connectivity index (χ0n) is 24.2. The second-order valence-electron chi connectivity index (χ2n) is 11.5. The Balaban J connectivity index is 1.54. The number of nitrogens with one attached hydrogen (secondary N) is 1. The monoisotopic (exact) mass is 593 g/mol. The molecule has 0 bridgehead atoms. The maximum atomic E-state index is 13.1. The van der Waals surface area contributed by atoms with Gasteiger partial charge in [-0.05, 0) is 78.1 Å². The van der Waals surface area contributed by atoms with Crippen LogP contribution in [0.1, 0.15) is 76.6 Å². The van der Waals surface area contributed by atoms with Crippen LogP contribution in [0.3, 0.4) is 0 Å². The fraction of sp³-hybridized carbons (Fsp3) is 0.424. The fourth-order valence-electron chi connectivity index (χ4n) is 6.54. The highest BCUT2D eigenvalue weighted by Gasteiger charge is 2.35. The predicted octanol–water partition coefficient (Wildman–Crippen LogP) is 5.80. The number of carbonyl (C=O) groups is 1.